The Morgan fingerprint density at radius 3 is 2.89 bits per heavy atom. The highest BCUT2D eigenvalue weighted by Gasteiger charge is 2.34. The van der Waals surface area contributed by atoms with Crippen molar-refractivity contribution in [2.24, 2.45) is 11.1 Å². The van der Waals surface area contributed by atoms with E-state index in [0.717, 1.165) is 50.2 Å². The van der Waals surface area contributed by atoms with Crippen LogP contribution in [-0.4, -0.2) is 29.8 Å². The lowest BCUT2D eigenvalue weighted by Gasteiger charge is -2.42. The Balaban J connectivity index is 2.11. The Morgan fingerprint density at radius 1 is 1.47 bits per heavy atom. The molecule has 0 radical (unpaired) electrons. The second kappa shape index (κ2) is 6.35. The van der Waals surface area contributed by atoms with Gasteiger partial charge in [0.1, 0.15) is 5.82 Å². The van der Waals surface area contributed by atoms with E-state index in [2.05, 4.69) is 16.8 Å². The maximum Gasteiger partial charge on any atom is 0.128 e. The number of nitrogens with zero attached hydrogens (tertiary/aromatic N) is 2. The molecule has 1 fully saturated rings. The quantitative estimate of drug-likeness (QED) is 0.852. The molecular formula is C15H25N3O. The first-order valence-corrected chi connectivity index (χ1v) is 7.24. The topological polar surface area (TPSA) is 62.4 Å². The van der Waals surface area contributed by atoms with Crippen LogP contribution < -0.4 is 10.6 Å². The summed E-state index contributed by atoms with van der Waals surface area (Å²) in [5, 5.41) is 9.76. The highest BCUT2D eigenvalue weighted by atomic mass is 16.3. The van der Waals surface area contributed by atoms with Gasteiger partial charge < -0.3 is 15.7 Å². The number of hydrogen-bond donors (Lipinski definition) is 2. The van der Waals surface area contributed by atoms with Crippen LogP contribution in [0.3, 0.4) is 0 Å². The average Bonchev–Trinajstić information content (AvgIpc) is 2.48. The van der Waals surface area contributed by atoms with Gasteiger partial charge in [-0.2, -0.15) is 0 Å². The fraction of sp³-hybridized carbons (Fsp3) is 0.667. The van der Waals surface area contributed by atoms with Crippen molar-refractivity contribution in [2.45, 2.75) is 39.2 Å². The monoisotopic (exact) mass is 263 g/mol. The smallest absolute Gasteiger partial charge is 0.128 e. The lowest BCUT2D eigenvalue weighted by atomic mass is 9.77. The van der Waals surface area contributed by atoms with Crippen molar-refractivity contribution in [2.75, 3.05) is 24.6 Å². The van der Waals surface area contributed by atoms with Gasteiger partial charge in [0.15, 0.2) is 0 Å². The number of hydrogen-bond acceptors (Lipinski definition) is 4. The minimum absolute atomic E-state index is 0.0568. The molecule has 1 aromatic heterocycles. The van der Waals surface area contributed by atoms with Gasteiger partial charge in [0.05, 0.1) is 6.61 Å². The molecule has 1 atom stereocenters. The summed E-state index contributed by atoms with van der Waals surface area (Å²) in [6, 6.07) is 4.08. The molecule has 106 valence electrons. The number of anilines is 1. The van der Waals surface area contributed by atoms with Crippen molar-refractivity contribution in [1.82, 2.24) is 4.98 Å². The van der Waals surface area contributed by atoms with E-state index in [1.165, 1.54) is 0 Å². The largest absolute Gasteiger partial charge is 0.396 e. The highest BCUT2D eigenvalue weighted by Crippen LogP contribution is 2.35. The average molecular weight is 263 g/mol. The molecule has 1 saturated heterocycles. The maximum absolute atomic E-state index is 9.76. The van der Waals surface area contributed by atoms with Crippen LogP contribution in [0.5, 0.6) is 0 Å². The molecule has 0 bridgehead atoms. The summed E-state index contributed by atoms with van der Waals surface area (Å²) in [7, 11) is 0. The van der Waals surface area contributed by atoms with Gasteiger partial charge in [0.2, 0.25) is 0 Å². The first-order valence-electron chi connectivity index (χ1n) is 7.24. The number of aliphatic hydroxyl groups is 1. The molecule has 1 aliphatic heterocycles. The van der Waals surface area contributed by atoms with Gasteiger partial charge in [0, 0.05) is 31.2 Å². The second-order valence-corrected chi connectivity index (χ2v) is 5.66. The van der Waals surface area contributed by atoms with Gasteiger partial charge in [-0.15, -0.1) is 0 Å². The summed E-state index contributed by atoms with van der Waals surface area (Å²) in [6.07, 6.45) is 6.30. The standard InChI is InChI=1S/C15H25N3O/c1-2-6-15(12-19)7-3-8-18(11-15)14-5-4-13(9-16)10-17-14/h4-5,10,19H,2-3,6-9,11-12,16H2,1H3. The van der Waals surface area contributed by atoms with E-state index < -0.39 is 0 Å². The van der Waals surface area contributed by atoms with E-state index in [1.807, 2.05) is 18.3 Å². The molecule has 4 heteroatoms. The van der Waals surface area contributed by atoms with E-state index in [-0.39, 0.29) is 12.0 Å². The minimum atomic E-state index is 0.0568. The van der Waals surface area contributed by atoms with Crippen molar-refractivity contribution in [3.8, 4) is 0 Å². The normalized spacial score (nSPS) is 23.6. The lowest BCUT2D eigenvalue weighted by Crippen LogP contribution is -2.45. The van der Waals surface area contributed by atoms with E-state index in [0.29, 0.717) is 6.54 Å². The summed E-state index contributed by atoms with van der Waals surface area (Å²) >= 11 is 0. The van der Waals surface area contributed by atoms with Crippen molar-refractivity contribution < 1.29 is 5.11 Å². The number of rotatable bonds is 5. The predicted molar refractivity (Wildman–Crippen MR) is 78.0 cm³/mol. The van der Waals surface area contributed by atoms with Crippen LogP contribution in [0.25, 0.3) is 0 Å². The molecule has 0 amide bonds. The Morgan fingerprint density at radius 2 is 2.32 bits per heavy atom. The first kappa shape index (κ1) is 14.3. The Labute approximate surface area is 115 Å². The Kier molecular flexibility index (Phi) is 4.77. The summed E-state index contributed by atoms with van der Waals surface area (Å²) in [5.74, 6) is 1.01. The molecule has 0 aromatic carbocycles. The van der Waals surface area contributed by atoms with Crippen molar-refractivity contribution in [1.29, 1.82) is 0 Å². The molecular weight excluding hydrogens is 238 g/mol. The molecule has 1 aliphatic rings. The maximum atomic E-state index is 9.76. The summed E-state index contributed by atoms with van der Waals surface area (Å²) in [6.45, 7) is 4.93. The molecule has 3 N–H and O–H groups in total. The molecule has 2 rings (SSSR count). The van der Waals surface area contributed by atoms with Crippen molar-refractivity contribution in [3.63, 3.8) is 0 Å². The molecule has 1 unspecified atom stereocenters. The lowest BCUT2D eigenvalue weighted by molar-refractivity contribution is 0.0952. The highest BCUT2D eigenvalue weighted by molar-refractivity contribution is 5.40. The van der Waals surface area contributed by atoms with Gasteiger partial charge in [-0.1, -0.05) is 19.4 Å². The van der Waals surface area contributed by atoms with Crippen LogP contribution in [0.1, 0.15) is 38.2 Å². The zero-order valence-corrected chi connectivity index (χ0v) is 11.8. The van der Waals surface area contributed by atoms with Crippen LogP contribution in [0.15, 0.2) is 18.3 Å². The third-order valence-corrected chi connectivity index (χ3v) is 4.15. The van der Waals surface area contributed by atoms with E-state index in [1.54, 1.807) is 0 Å². The summed E-state index contributed by atoms with van der Waals surface area (Å²) < 4.78 is 0. The Hall–Kier alpha value is -1.13. The number of aromatic nitrogens is 1. The predicted octanol–water partition coefficient (Wildman–Crippen LogP) is 1.92. The van der Waals surface area contributed by atoms with Crippen LogP contribution in [0, 0.1) is 5.41 Å². The molecule has 1 aromatic rings. The van der Waals surface area contributed by atoms with E-state index in [4.69, 9.17) is 5.73 Å². The fourth-order valence-electron chi connectivity index (χ4n) is 3.07. The second-order valence-electron chi connectivity index (χ2n) is 5.66. The zero-order chi connectivity index (χ0) is 13.7. The van der Waals surface area contributed by atoms with Crippen molar-refractivity contribution in [3.05, 3.63) is 23.9 Å². The van der Waals surface area contributed by atoms with Gasteiger partial charge in [0.25, 0.3) is 0 Å². The zero-order valence-electron chi connectivity index (χ0n) is 11.8. The molecule has 0 spiro atoms. The number of pyridine rings is 1. The van der Waals surface area contributed by atoms with Crippen LogP contribution >= 0.6 is 0 Å². The molecule has 19 heavy (non-hydrogen) atoms. The minimum Gasteiger partial charge on any atom is -0.396 e. The number of aliphatic hydroxyl groups excluding tert-OH is 1. The van der Waals surface area contributed by atoms with Gasteiger partial charge in [-0.3, -0.25) is 0 Å². The molecule has 0 aliphatic carbocycles. The van der Waals surface area contributed by atoms with E-state index in [9.17, 15) is 5.11 Å². The van der Waals surface area contributed by atoms with Gasteiger partial charge >= 0.3 is 0 Å². The van der Waals surface area contributed by atoms with Crippen LogP contribution in [0.4, 0.5) is 5.82 Å². The van der Waals surface area contributed by atoms with Gasteiger partial charge in [-0.05, 0) is 30.9 Å². The molecule has 0 saturated carbocycles. The van der Waals surface area contributed by atoms with Gasteiger partial charge in [-0.25, -0.2) is 4.98 Å². The molecule has 2 heterocycles. The summed E-state index contributed by atoms with van der Waals surface area (Å²) in [5.41, 5.74) is 6.71. The first-order chi connectivity index (χ1) is 9.23. The fourth-order valence-corrected chi connectivity index (χ4v) is 3.07. The number of nitrogens with two attached hydrogens (primary N) is 1. The Bertz CT molecular complexity index is 389. The molecule has 4 nitrogen and oxygen atoms in total. The van der Waals surface area contributed by atoms with Crippen LogP contribution in [-0.2, 0) is 6.54 Å². The summed E-state index contributed by atoms with van der Waals surface area (Å²) in [4.78, 5) is 6.80. The number of piperidine rings is 1. The third-order valence-electron chi connectivity index (χ3n) is 4.15. The van der Waals surface area contributed by atoms with Crippen molar-refractivity contribution >= 4 is 5.82 Å². The SMILES string of the molecule is CCCC1(CO)CCCN(c2ccc(CN)cn2)C1. The van der Waals surface area contributed by atoms with Crippen LogP contribution in [0.2, 0.25) is 0 Å². The van der Waals surface area contributed by atoms with E-state index >= 15 is 0 Å². The third kappa shape index (κ3) is 3.25.